The maximum Gasteiger partial charge on any atom is 0.226 e. The monoisotopic (exact) mass is 424 g/mol. The number of nitrogens with zero attached hydrogens (tertiary/aromatic N) is 2. The third kappa shape index (κ3) is 5.99. The van der Waals surface area contributed by atoms with Gasteiger partial charge in [-0.2, -0.15) is 0 Å². The van der Waals surface area contributed by atoms with Crippen molar-refractivity contribution in [1.82, 2.24) is 15.6 Å². The van der Waals surface area contributed by atoms with Gasteiger partial charge in [0.15, 0.2) is 5.96 Å². The van der Waals surface area contributed by atoms with Crippen LogP contribution in [0.1, 0.15) is 24.3 Å². The fourth-order valence-corrected chi connectivity index (χ4v) is 3.00. The molecule has 0 saturated heterocycles. The Labute approximate surface area is 181 Å². The lowest BCUT2D eigenvalue weighted by atomic mass is 10.1. The number of benzene rings is 2. The lowest BCUT2D eigenvalue weighted by Crippen LogP contribution is -2.39. The fraction of sp³-hybridized carbons (Fsp3) is 0.304. The maximum atomic E-state index is 10.7. The molecule has 0 spiro atoms. The number of aliphatic hydroxyl groups is 1. The van der Waals surface area contributed by atoms with Crippen LogP contribution in [0.25, 0.3) is 11.5 Å². The predicted octanol–water partition coefficient (Wildman–Crippen LogP) is 3.15. The number of oxazole rings is 1. The normalized spacial score (nSPS) is 12.3. The molecule has 3 N–H and O–H groups in total. The molecule has 0 aliphatic heterocycles. The smallest absolute Gasteiger partial charge is 0.226 e. The molecule has 1 atom stereocenters. The molecule has 0 radical (unpaired) electrons. The van der Waals surface area contributed by atoms with Crippen molar-refractivity contribution in [3.05, 3.63) is 66.1 Å². The number of nitrogens with one attached hydrogen (secondary N) is 2. The minimum Gasteiger partial charge on any atom is -0.497 e. The standard InChI is InChI=1S/C23H28N4O4/c1-4-24-23(25-13-17-15-31-22(27-17)16-8-6-5-7-9-16)26-14-20(28)19-12-18(29-2)10-11-21(19)30-3/h5-12,15,20,28H,4,13-14H2,1-3H3,(H2,24,25,26). The summed E-state index contributed by atoms with van der Waals surface area (Å²) in [5.74, 6) is 2.36. The molecule has 0 fully saturated rings. The molecule has 3 rings (SSSR count). The Morgan fingerprint density at radius 1 is 1.13 bits per heavy atom. The van der Waals surface area contributed by atoms with Crippen LogP contribution in [0.4, 0.5) is 0 Å². The van der Waals surface area contributed by atoms with E-state index in [4.69, 9.17) is 13.9 Å². The lowest BCUT2D eigenvalue weighted by molar-refractivity contribution is 0.176. The second-order valence-electron chi connectivity index (χ2n) is 6.71. The first-order chi connectivity index (χ1) is 15.1. The van der Waals surface area contributed by atoms with E-state index < -0.39 is 6.10 Å². The third-order valence-corrected chi connectivity index (χ3v) is 4.57. The average molecular weight is 425 g/mol. The summed E-state index contributed by atoms with van der Waals surface area (Å²) in [6.45, 7) is 3.23. The second-order valence-corrected chi connectivity index (χ2v) is 6.71. The quantitative estimate of drug-likeness (QED) is 0.358. The molecule has 8 nitrogen and oxygen atoms in total. The molecule has 0 aliphatic rings. The molecule has 8 heteroatoms. The zero-order chi connectivity index (χ0) is 22.1. The van der Waals surface area contributed by atoms with Crippen LogP contribution in [-0.2, 0) is 6.54 Å². The molecular formula is C23H28N4O4. The summed E-state index contributed by atoms with van der Waals surface area (Å²) in [7, 11) is 3.15. The second kappa shape index (κ2) is 11.0. The number of ether oxygens (including phenoxy) is 2. The lowest BCUT2D eigenvalue weighted by Gasteiger charge is -2.18. The molecule has 1 unspecified atom stereocenters. The summed E-state index contributed by atoms with van der Waals surface area (Å²) in [4.78, 5) is 9.03. The van der Waals surface area contributed by atoms with Crippen LogP contribution in [-0.4, -0.2) is 43.4 Å². The highest BCUT2D eigenvalue weighted by Crippen LogP contribution is 2.29. The van der Waals surface area contributed by atoms with Crippen LogP contribution in [0.3, 0.4) is 0 Å². The van der Waals surface area contributed by atoms with Crippen molar-refractivity contribution in [2.24, 2.45) is 4.99 Å². The van der Waals surface area contributed by atoms with Crippen LogP contribution in [0.5, 0.6) is 11.5 Å². The fourth-order valence-electron chi connectivity index (χ4n) is 3.00. The van der Waals surface area contributed by atoms with E-state index >= 15 is 0 Å². The number of hydrogen-bond acceptors (Lipinski definition) is 6. The van der Waals surface area contributed by atoms with E-state index in [1.54, 1.807) is 38.7 Å². The van der Waals surface area contributed by atoms with Gasteiger partial charge in [-0.25, -0.2) is 9.98 Å². The first kappa shape index (κ1) is 22.2. The number of aromatic nitrogens is 1. The Morgan fingerprint density at radius 3 is 2.65 bits per heavy atom. The summed E-state index contributed by atoms with van der Waals surface area (Å²) < 4.78 is 16.2. The van der Waals surface area contributed by atoms with E-state index in [2.05, 4.69) is 20.6 Å². The van der Waals surface area contributed by atoms with Crippen LogP contribution in [0.2, 0.25) is 0 Å². The van der Waals surface area contributed by atoms with Crippen molar-refractivity contribution in [3.8, 4) is 23.0 Å². The number of hydrogen-bond donors (Lipinski definition) is 3. The first-order valence-corrected chi connectivity index (χ1v) is 10.1. The zero-order valence-electron chi connectivity index (χ0n) is 18.0. The SMILES string of the molecule is CCNC(=NCc1coc(-c2ccccc2)n1)NCC(O)c1cc(OC)ccc1OC. The Kier molecular flexibility index (Phi) is 7.89. The minimum absolute atomic E-state index is 0.240. The summed E-state index contributed by atoms with van der Waals surface area (Å²) >= 11 is 0. The molecule has 0 aliphatic carbocycles. The third-order valence-electron chi connectivity index (χ3n) is 4.57. The van der Waals surface area contributed by atoms with Gasteiger partial charge in [0.2, 0.25) is 5.89 Å². The topological polar surface area (TPSA) is 101 Å². The van der Waals surface area contributed by atoms with Crippen molar-refractivity contribution in [2.45, 2.75) is 19.6 Å². The summed E-state index contributed by atoms with van der Waals surface area (Å²) in [5.41, 5.74) is 2.26. The summed E-state index contributed by atoms with van der Waals surface area (Å²) in [5, 5.41) is 17.0. The molecule has 164 valence electrons. The molecule has 3 aromatic rings. The highest BCUT2D eigenvalue weighted by atomic mass is 16.5. The number of aliphatic hydroxyl groups excluding tert-OH is 1. The van der Waals surface area contributed by atoms with E-state index in [9.17, 15) is 5.11 Å². The van der Waals surface area contributed by atoms with Crippen molar-refractivity contribution in [1.29, 1.82) is 0 Å². The zero-order valence-corrected chi connectivity index (χ0v) is 18.0. The van der Waals surface area contributed by atoms with E-state index in [1.165, 1.54) is 0 Å². The van der Waals surface area contributed by atoms with Crippen molar-refractivity contribution >= 4 is 5.96 Å². The number of rotatable bonds is 9. The molecular weight excluding hydrogens is 396 g/mol. The van der Waals surface area contributed by atoms with E-state index in [0.717, 1.165) is 5.56 Å². The van der Waals surface area contributed by atoms with Gasteiger partial charge >= 0.3 is 0 Å². The summed E-state index contributed by atoms with van der Waals surface area (Å²) in [6.07, 6.45) is 0.788. The number of methoxy groups -OCH3 is 2. The van der Waals surface area contributed by atoms with Gasteiger partial charge in [-0.3, -0.25) is 0 Å². The number of guanidine groups is 1. The molecule has 0 amide bonds. The van der Waals surface area contributed by atoms with E-state index in [1.807, 2.05) is 37.3 Å². The largest absolute Gasteiger partial charge is 0.497 e. The van der Waals surface area contributed by atoms with Gasteiger partial charge in [0.1, 0.15) is 23.5 Å². The van der Waals surface area contributed by atoms with Gasteiger partial charge in [0.25, 0.3) is 0 Å². The van der Waals surface area contributed by atoms with Gasteiger partial charge in [-0.15, -0.1) is 0 Å². The Bertz CT molecular complexity index is 988. The van der Waals surface area contributed by atoms with Crippen molar-refractivity contribution in [2.75, 3.05) is 27.3 Å². The van der Waals surface area contributed by atoms with Crippen LogP contribution in [0.15, 0.2) is 64.2 Å². The van der Waals surface area contributed by atoms with Gasteiger partial charge in [-0.05, 0) is 37.3 Å². The van der Waals surface area contributed by atoms with Crippen molar-refractivity contribution < 1.29 is 19.0 Å². The van der Waals surface area contributed by atoms with Crippen LogP contribution in [0, 0.1) is 0 Å². The highest BCUT2D eigenvalue weighted by Gasteiger charge is 2.15. The average Bonchev–Trinajstić information content (AvgIpc) is 3.30. The minimum atomic E-state index is -0.814. The predicted molar refractivity (Wildman–Crippen MR) is 119 cm³/mol. The first-order valence-electron chi connectivity index (χ1n) is 10.1. The molecule has 31 heavy (non-hydrogen) atoms. The van der Waals surface area contributed by atoms with Crippen molar-refractivity contribution in [3.63, 3.8) is 0 Å². The Balaban J connectivity index is 1.65. The van der Waals surface area contributed by atoms with Gasteiger partial charge < -0.3 is 29.6 Å². The Morgan fingerprint density at radius 2 is 1.94 bits per heavy atom. The van der Waals surface area contributed by atoms with E-state index in [0.29, 0.717) is 47.7 Å². The Hall–Kier alpha value is -3.52. The molecule has 0 bridgehead atoms. The van der Waals surface area contributed by atoms with Gasteiger partial charge in [-0.1, -0.05) is 18.2 Å². The van der Waals surface area contributed by atoms with Crippen LogP contribution < -0.4 is 20.1 Å². The molecule has 2 aromatic carbocycles. The molecule has 0 saturated carbocycles. The van der Waals surface area contributed by atoms with Crippen LogP contribution >= 0.6 is 0 Å². The van der Waals surface area contributed by atoms with E-state index in [-0.39, 0.29) is 6.54 Å². The van der Waals surface area contributed by atoms with Gasteiger partial charge in [0, 0.05) is 24.2 Å². The molecule has 1 aromatic heterocycles. The summed E-state index contributed by atoms with van der Waals surface area (Å²) in [6, 6.07) is 15.0. The molecule has 1 heterocycles. The highest BCUT2D eigenvalue weighted by molar-refractivity contribution is 5.79. The van der Waals surface area contributed by atoms with Gasteiger partial charge in [0.05, 0.1) is 26.9 Å². The number of aliphatic imine (C=N–C) groups is 1. The maximum absolute atomic E-state index is 10.7.